The highest BCUT2D eigenvalue weighted by Crippen LogP contribution is 2.31. The molecule has 4 rings (SSSR count). The molecule has 26 heavy (non-hydrogen) atoms. The molecule has 0 saturated carbocycles. The van der Waals surface area contributed by atoms with Crippen LogP contribution < -0.4 is 10.7 Å². The summed E-state index contributed by atoms with van der Waals surface area (Å²) in [6.07, 6.45) is 2.61. The molecule has 0 fully saturated rings. The highest BCUT2D eigenvalue weighted by atomic mass is 16.2. The van der Waals surface area contributed by atoms with Gasteiger partial charge in [-0.2, -0.15) is 0 Å². The van der Waals surface area contributed by atoms with Gasteiger partial charge in [0.2, 0.25) is 5.43 Å². The first-order valence-electron chi connectivity index (χ1n) is 8.92. The van der Waals surface area contributed by atoms with Crippen molar-refractivity contribution in [1.29, 1.82) is 0 Å². The molecule has 3 aromatic rings. The summed E-state index contributed by atoms with van der Waals surface area (Å²) in [6.45, 7) is 8.08. The number of pyridine rings is 1. The Morgan fingerprint density at radius 2 is 1.85 bits per heavy atom. The zero-order chi connectivity index (χ0) is 18.6. The van der Waals surface area contributed by atoms with Crippen molar-refractivity contribution in [3.8, 4) is 0 Å². The van der Waals surface area contributed by atoms with Crippen molar-refractivity contribution in [3.63, 3.8) is 0 Å². The Kier molecular flexibility index (Phi) is 3.72. The standard InChI is InChI=1S/C22H22N2O2/c1-12-8-13(2)19(14(3)9-12)23-22(26)18-11-24-15(4)10-16-6-5-7-17(20(16)24)21(18)25/h5-9,11,15H,10H2,1-4H3,(H,23,26). The van der Waals surface area contributed by atoms with Crippen molar-refractivity contribution in [2.24, 2.45) is 0 Å². The van der Waals surface area contributed by atoms with Gasteiger partial charge in [0.25, 0.3) is 5.91 Å². The molecule has 0 aliphatic carbocycles. The zero-order valence-corrected chi connectivity index (χ0v) is 15.5. The van der Waals surface area contributed by atoms with Crippen molar-refractivity contribution in [3.05, 3.63) is 74.6 Å². The van der Waals surface area contributed by atoms with Gasteiger partial charge in [0.1, 0.15) is 5.56 Å². The van der Waals surface area contributed by atoms with Gasteiger partial charge in [-0.1, -0.05) is 29.8 Å². The number of nitrogens with one attached hydrogen (secondary N) is 1. The zero-order valence-electron chi connectivity index (χ0n) is 15.5. The summed E-state index contributed by atoms with van der Waals surface area (Å²) in [4.78, 5) is 25.9. The lowest BCUT2D eigenvalue weighted by Crippen LogP contribution is -2.24. The topological polar surface area (TPSA) is 51.1 Å². The lowest BCUT2D eigenvalue weighted by molar-refractivity contribution is 0.102. The number of hydrogen-bond donors (Lipinski definition) is 1. The first kappa shape index (κ1) is 16.6. The van der Waals surface area contributed by atoms with Gasteiger partial charge < -0.3 is 9.88 Å². The van der Waals surface area contributed by atoms with Crippen LogP contribution in [0.4, 0.5) is 5.69 Å². The largest absolute Gasteiger partial charge is 0.343 e. The molecule has 4 heteroatoms. The Morgan fingerprint density at radius 3 is 2.54 bits per heavy atom. The number of benzene rings is 2. The van der Waals surface area contributed by atoms with Gasteiger partial charge in [0.15, 0.2) is 0 Å². The average Bonchev–Trinajstić information content (AvgIpc) is 2.90. The van der Waals surface area contributed by atoms with Crippen LogP contribution >= 0.6 is 0 Å². The third kappa shape index (κ3) is 2.45. The molecular formula is C22H22N2O2. The average molecular weight is 346 g/mol. The molecule has 0 saturated heterocycles. The Morgan fingerprint density at radius 1 is 1.15 bits per heavy atom. The molecule has 1 N–H and O–H groups in total. The van der Waals surface area contributed by atoms with Crippen molar-refractivity contribution >= 4 is 22.5 Å². The van der Waals surface area contributed by atoms with Gasteiger partial charge in [0.05, 0.1) is 5.52 Å². The normalized spacial score (nSPS) is 15.5. The number of carbonyl (C=O) groups is 1. The minimum absolute atomic E-state index is 0.197. The van der Waals surface area contributed by atoms with Crippen LogP contribution in [0, 0.1) is 20.8 Å². The van der Waals surface area contributed by atoms with Crippen molar-refractivity contribution in [2.75, 3.05) is 5.32 Å². The molecule has 1 aliphatic rings. The summed E-state index contributed by atoms with van der Waals surface area (Å²) < 4.78 is 2.07. The van der Waals surface area contributed by atoms with Crippen LogP contribution in [0.3, 0.4) is 0 Å². The van der Waals surface area contributed by atoms with Crippen molar-refractivity contribution in [2.45, 2.75) is 40.2 Å². The quantitative estimate of drug-likeness (QED) is 0.752. The summed E-state index contributed by atoms with van der Waals surface area (Å²) in [7, 11) is 0. The molecule has 132 valence electrons. The van der Waals surface area contributed by atoms with Crippen molar-refractivity contribution in [1.82, 2.24) is 4.57 Å². The van der Waals surface area contributed by atoms with Crippen LogP contribution in [0.25, 0.3) is 10.9 Å². The van der Waals surface area contributed by atoms with Crippen LogP contribution in [0.2, 0.25) is 0 Å². The first-order valence-corrected chi connectivity index (χ1v) is 8.92. The van der Waals surface area contributed by atoms with Crippen molar-refractivity contribution < 1.29 is 4.79 Å². The summed E-state index contributed by atoms with van der Waals surface area (Å²) in [5.74, 6) is -0.347. The van der Waals surface area contributed by atoms with Crippen LogP contribution in [-0.4, -0.2) is 10.5 Å². The van der Waals surface area contributed by atoms with E-state index in [2.05, 4.69) is 22.9 Å². The SMILES string of the molecule is Cc1cc(C)c(NC(=O)c2cn3c4c(cccc4c2=O)CC3C)c(C)c1. The number of aryl methyl sites for hydroxylation is 3. The van der Waals surface area contributed by atoms with Gasteiger partial charge in [-0.15, -0.1) is 0 Å². The minimum Gasteiger partial charge on any atom is -0.343 e. The van der Waals surface area contributed by atoms with Gasteiger partial charge in [-0.25, -0.2) is 0 Å². The predicted octanol–water partition coefficient (Wildman–Crippen LogP) is 4.30. The number of nitrogens with zero attached hydrogens (tertiary/aromatic N) is 1. The van der Waals surface area contributed by atoms with Crippen LogP contribution in [0.5, 0.6) is 0 Å². The number of carbonyl (C=O) groups excluding carboxylic acids is 1. The van der Waals surface area contributed by atoms with E-state index < -0.39 is 0 Å². The molecule has 0 bridgehead atoms. The van der Waals surface area contributed by atoms with Gasteiger partial charge in [0, 0.05) is 23.3 Å². The Labute approximate surface area is 152 Å². The van der Waals surface area contributed by atoms with Gasteiger partial charge >= 0.3 is 0 Å². The molecule has 0 spiro atoms. The summed E-state index contributed by atoms with van der Waals surface area (Å²) >= 11 is 0. The highest BCUT2D eigenvalue weighted by molar-refractivity contribution is 6.06. The molecule has 1 unspecified atom stereocenters. The number of hydrogen-bond acceptors (Lipinski definition) is 2. The maximum Gasteiger partial charge on any atom is 0.261 e. The monoisotopic (exact) mass is 346 g/mol. The summed E-state index contributed by atoms with van der Waals surface area (Å²) in [5, 5.41) is 3.58. The van der Waals surface area contributed by atoms with Crippen LogP contribution in [0.15, 0.2) is 41.3 Å². The van der Waals surface area contributed by atoms with Gasteiger partial charge in [-0.3, -0.25) is 9.59 Å². The first-order chi connectivity index (χ1) is 12.4. The fraction of sp³-hybridized carbons (Fsp3) is 0.273. The molecule has 2 aromatic carbocycles. The molecular weight excluding hydrogens is 324 g/mol. The summed E-state index contributed by atoms with van der Waals surface area (Å²) in [5.41, 5.74) is 6.05. The molecule has 4 nitrogen and oxygen atoms in total. The third-order valence-corrected chi connectivity index (χ3v) is 5.29. The second-order valence-corrected chi connectivity index (χ2v) is 7.37. The third-order valence-electron chi connectivity index (χ3n) is 5.29. The van der Waals surface area contributed by atoms with E-state index in [4.69, 9.17) is 0 Å². The fourth-order valence-electron chi connectivity index (χ4n) is 4.14. The highest BCUT2D eigenvalue weighted by Gasteiger charge is 2.24. The molecule has 1 aliphatic heterocycles. The van der Waals surface area contributed by atoms with Crippen LogP contribution in [-0.2, 0) is 6.42 Å². The fourth-order valence-corrected chi connectivity index (χ4v) is 4.14. The summed E-state index contributed by atoms with van der Waals surface area (Å²) in [6, 6.07) is 10.1. The second-order valence-electron chi connectivity index (χ2n) is 7.37. The minimum atomic E-state index is -0.347. The van der Waals surface area contributed by atoms with E-state index in [0.717, 1.165) is 34.3 Å². The molecule has 1 aromatic heterocycles. The Bertz CT molecular complexity index is 1100. The maximum atomic E-state index is 12.9. The number of anilines is 1. The lowest BCUT2D eigenvalue weighted by atomic mass is 10.0. The molecule has 1 atom stereocenters. The number of aromatic nitrogens is 1. The van der Waals surface area contributed by atoms with Gasteiger partial charge in [-0.05, 0) is 56.9 Å². The number of rotatable bonds is 2. The lowest BCUT2D eigenvalue weighted by Gasteiger charge is -2.15. The van der Waals surface area contributed by atoms with E-state index in [1.807, 2.05) is 45.0 Å². The van der Waals surface area contributed by atoms with E-state index in [1.165, 1.54) is 5.56 Å². The number of amides is 1. The van der Waals surface area contributed by atoms with E-state index in [-0.39, 0.29) is 22.9 Å². The molecule has 1 amide bonds. The van der Waals surface area contributed by atoms with E-state index in [0.29, 0.717) is 5.39 Å². The van der Waals surface area contributed by atoms with E-state index >= 15 is 0 Å². The smallest absolute Gasteiger partial charge is 0.261 e. The Hall–Kier alpha value is -2.88. The molecule has 0 radical (unpaired) electrons. The number of para-hydroxylation sites is 1. The van der Waals surface area contributed by atoms with E-state index in [9.17, 15) is 9.59 Å². The Balaban J connectivity index is 1.83. The molecule has 2 heterocycles. The van der Waals surface area contributed by atoms with Crippen LogP contribution in [0.1, 0.15) is 45.6 Å². The van der Waals surface area contributed by atoms with E-state index in [1.54, 1.807) is 6.20 Å². The second kappa shape index (κ2) is 5.84. The predicted molar refractivity (Wildman–Crippen MR) is 105 cm³/mol. The maximum absolute atomic E-state index is 12.9.